The third-order valence-electron chi connectivity index (χ3n) is 4.48. The molecule has 0 N–H and O–H groups in total. The molecule has 6 heteroatoms. The predicted molar refractivity (Wildman–Crippen MR) is 86.6 cm³/mol. The summed E-state index contributed by atoms with van der Waals surface area (Å²) in [5, 5.41) is 0. The van der Waals surface area contributed by atoms with E-state index in [1.807, 2.05) is 61.5 Å². The lowest BCUT2D eigenvalue weighted by Gasteiger charge is -2.32. The van der Waals surface area contributed by atoms with Gasteiger partial charge in [-0.05, 0) is 60.9 Å². The zero-order chi connectivity index (χ0) is 16.9. The van der Waals surface area contributed by atoms with Crippen LogP contribution in [0.2, 0.25) is 0 Å². The minimum atomic E-state index is -0.496. The van der Waals surface area contributed by atoms with Gasteiger partial charge in [-0.15, -0.1) is 0 Å². The Labute approximate surface area is 134 Å². The second-order valence-corrected chi connectivity index (χ2v) is 8.18. The maximum absolute atomic E-state index is 12.3. The fraction of sp³-hybridized carbons (Fsp3) is 0.812. The molecule has 0 aromatic heterocycles. The first-order chi connectivity index (χ1) is 9.82. The molecule has 2 aliphatic rings. The van der Waals surface area contributed by atoms with Gasteiger partial charge in [-0.2, -0.15) is 0 Å². The third-order valence-corrected chi connectivity index (χ3v) is 4.48. The highest BCUT2D eigenvalue weighted by molar-refractivity contribution is 6.55. The van der Waals surface area contributed by atoms with E-state index in [1.54, 1.807) is 4.90 Å². The molecule has 1 atom stereocenters. The van der Waals surface area contributed by atoms with Crippen LogP contribution >= 0.6 is 0 Å². The van der Waals surface area contributed by atoms with E-state index < -0.39 is 12.7 Å². The first-order valence-electron chi connectivity index (χ1n) is 7.88. The van der Waals surface area contributed by atoms with Gasteiger partial charge >= 0.3 is 13.2 Å². The molecule has 0 spiro atoms. The number of rotatable bonds is 1. The van der Waals surface area contributed by atoms with Gasteiger partial charge in [0.05, 0.1) is 17.2 Å². The van der Waals surface area contributed by atoms with Crippen LogP contribution in [0.25, 0.3) is 0 Å². The molecule has 2 rings (SSSR count). The lowest BCUT2D eigenvalue weighted by molar-refractivity contribution is 0.00578. The molecule has 2 heterocycles. The summed E-state index contributed by atoms with van der Waals surface area (Å²) >= 11 is 0. The molecule has 1 fully saturated rings. The first kappa shape index (κ1) is 17.4. The fourth-order valence-electron chi connectivity index (χ4n) is 2.49. The summed E-state index contributed by atoms with van der Waals surface area (Å²) in [7, 11) is -0.403. The van der Waals surface area contributed by atoms with E-state index in [9.17, 15) is 4.79 Å². The van der Waals surface area contributed by atoms with Crippen LogP contribution in [0.3, 0.4) is 0 Å². The van der Waals surface area contributed by atoms with Gasteiger partial charge in [0.2, 0.25) is 0 Å². The van der Waals surface area contributed by atoms with Crippen molar-refractivity contribution in [3.8, 4) is 0 Å². The molecule has 0 aliphatic carbocycles. The Kier molecular flexibility index (Phi) is 4.16. The molecule has 0 unspecified atom stereocenters. The summed E-state index contributed by atoms with van der Waals surface area (Å²) in [6, 6.07) is -0.0242. The van der Waals surface area contributed by atoms with Crippen molar-refractivity contribution < 1.29 is 18.8 Å². The SMILES string of the molecule is C[C@@H]1C=C(B2OC(C)(C)C(C)(C)O2)CN1C(=O)OC(C)(C)C. The van der Waals surface area contributed by atoms with Crippen molar-refractivity contribution in [2.24, 2.45) is 0 Å². The van der Waals surface area contributed by atoms with Crippen LogP contribution in [0.15, 0.2) is 11.5 Å². The summed E-state index contributed by atoms with van der Waals surface area (Å²) in [6.07, 6.45) is 1.73. The molecule has 1 amide bonds. The molecule has 0 radical (unpaired) electrons. The number of hydrogen-bond donors (Lipinski definition) is 0. The Balaban J connectivity index is 2.05. The van der Waals surface area contributed by atoms with Crippen LogP contribution in [0.1, 0.15) is 55.4 Å². The number of carbonyl (C=O) groups excluding carboxylic acids is 1. The molecule has 124 valence electrons. The van der Waals surface area contributed by atoms with E-state index in [-0.39, 0.29) is 23.3 Å². The number of carbonyl (C=O) groups is 1. The van der Waals surface area contributed by atoms with Crippen molar-refractivity contribution in [2.75, 3.05) is 6.54 Å². The standard InChI is InChI=1S/C16H28BNO4/c1-11-9-12(10-18(11)13(19)20-14(2,3)4)17-21-15(5,6)16(7,8)22-17/h9,11H,10H2,1-8H3/t11-/m1/s1. The number of nitrogens with zero attached hydrogens (tertiary/aromatic N) is 1. The molecular weight excluding hydrogens is 281 g/mol. The Bertz CT molecular complexity index is 477. The van der Waals surface area contributed by atoms with Gasteiger partial charge in [0.15, 0.2) is 0 Å². The lowest BCUT2D eigenvalue weighted by atomic mass is 9.78. The van der Waals surface area contributed by atoms with E-state index in [0.29, 0.717) is 6.54 Å². The van der Waals surface area contributed by atoms with E-state index in [0.717, 1.165) is 5.47 Å². The zero-order valence-corrected chi connectivity index (χ0v) is 15.0. The number of ether oxygens (including phenoxy) is 1. The number of hydrogen-bond acceptors (Lipinski definition) is 4. The highest BCUT2D eigenvalue weighted by atomic mass is 16.7. The summed E-state index contributed by atoms with van der Waals surface area (Å²) in [6.45, 7) is 16.2. The van der Waals surface area contributed by atoms with Crippen molar-refractivity contribution in [2.45, 2.75) is 78.2 Å². The van der Waals surface area contributed by atoms with Crippen molar-refractivity contribution in [3.63, 3.8) is 0 Å². The lowest BCUT2D eigenvalue weighted by Crippen LogP contribution is -2.41. The highest BCUT2D eigenvalue weighted by Gasteiger charge is 2.53. The normalized spacial score (nSPS) is 27.1. The van der Waals surface area contributed by atoms with E-state index in [4.69, 9.17) is 14.0 Å². The Morgan fingerprint density at radius 2 is 1.77 bits per heavy atom. The Hall–Kier alpha value is -1.01. The summed E-state index contributed by atoms with van der Waals surface area (Å²) < 4.78 is 17.6. The molecule has 5 nitrogen and oxygen atoms in total. The molecule has 22 heavy (non-hydrogen) atoms. The molecule has 1 saturated heterocycles. The largest absolute Gasteiger partial charge is 0.492 e. The van der Waals surface area contributed by atoms with Crippen LogP contribution in [0.4, 0.5) is 4.79 Å². The topological polar surface area (TPSA) is 48.0 Å². The monoisotopic (exact) mass is 309 g/mol. The van der Waals surface area contributed by atoms with Crippen molar-refractivity contribution in [1.29, 1.82) is 0 Å². The van der Waals surface area contributed by atoms with Gasteiger partial charge in [0.25, 0.3) is 0 Å². The van der Waals surface area contributed by atoms with Crippen molar-refractivity contribution in [1.82, 2.24) is 4.90 Å². The van der Waals surface area contributed by atoms with E-state index >= 15 is 0 Å². The van der Waals surface area contributed by atoms with Gasteiger partial charge in [-0.3, -0.25) is 4.90 Å². The molecule has 0 aromatic carbocycles. The zero-order valence-electron chi connectivity index (χ0n) is 15.0. The van der Waals surface area contributed by atoms with Gasteiger partial charge in [-0.25, -0.2) is 4.79 Å². The van der Waals surface area contributed by atoms with Crippen molar-refractivity contribution >= 4 is 13.2 Å². The summed E-state index contributed by atoms with van der Waals surface area (Å²) in [4.78, 5) is 14.0. The van der Waals surface area contributed by atoms with Crippen LogP contribution in [-0.2, 0) is 14.0 Å². The maximum Gasteiger partial charge on any atom is 0.492 e. The Morgan fingerprint density at radius 3 is 2.23 bits per heavy atom. The quantitative estimate of drug-likeness (QED) is 0.698. The van der Waals surface area contributed by atoms with E-state index in [1.165, 1.54) is 0 Å². The molecule has 0 aromatic rings. The summed E-state index contributed by atoms with van der Waals surface area (Å²) in [5.74, 6) is 0. The van der Waals surface area contributed by atoms with Gasteiger partial charge in [-0.1, -0.05) is 6.08 Å². The van der Waals surface area contributed by atoms with Gasteiger partial charge < -0.3 is 14.0 Å². The van der Waals surface area contributed by atoms with Crippen LogP contribution in [0.5, 0.6) is 0 Å². The molecular formula is C16H28BNO4. The third kappa shape index (κ3) is 3.33. The van der Waals surface area contributed by atoms with Crippen LogP contribution < -0.4 is 0 Å². The second-order valence-electron chi connectivity index (χ2n) is 8.18. The minimum Gasteiger partial charge on any atom is -0.444 e. The average molecular weight is 309 g/mol. The molecule has 2 aliphatic heterocycles. The maximum atomic E-state index is 12.3. The second kappa shape index (κ2) is 5.27. The fourth-order valence-corrected chi connectivity index (χ4v) is 2.49. The number of amides is 1. The summed E-state index contributed by atoms with van der Waals surface area (Å²) in [5.41, 5.74) is -0.261. The van der Waals surface area contributed by atoms with Gasteiger partial charge in [0, 0.05) is 6.54 Å². The van der Waals surface area contributed by atoms with Crippen molar-refractivity contribution in [3.05, 3.63) is 11.5 Å². The molecule has 0 saturated carbocycles. The predicted octanol–water partition coefficient (Wildman–Crippen LogP) is 3.18. The minimum absolute atomic E-state index is 0.0242. The van der Waals surface area contributed by atoms with Crippen LogP contribution in [-0.4, -0.2) is 47.5 Å². The smallest absolute Gasteiger partial charge is 0.444 e. The molecule has 0 bridgehead atoms. The Morgan fingerprint density at radius 1 is 1.27 bits per heavy atom. The van der Waals surface area contributed by atoms with Crippen LogP contribution in [0, 0.1) is 0 Å². The van der Waals surface area contributed by atoms with E-state index in [2.05, 4.69) is 0 Å². The highest BCUT2D eigenvalue weighted by Crippen LogP contribution is 2.39. The average Bonchev–Trinajstić information content (AvgIpc) is 2.75. The van der Waals surface area contributed by atoms with Gasteiger partial charge in [0.1, 0.15) is 5.60 Å². The first-order valence-corrected chi connectivity index (χ1v) is 7.88.